The van der Waals surface area contributed by atoms with Gasteiger partial charge in [0.1, 0.15) is 0 Å². The number of likely N-dealkylation sites (N-methyl/N-ethyl adjacent to an activating group) is 1. The van der Waals surface area contributed by atoms with E-state index in [1.54, 1.807) is 43.8 Å². The van der Waals surface area contributed by atoms with Crippen molar-refractivity contribution >= 4 is 35.7 Å². The topological polar surface area (TPSA) is 37.4 Å². The van der Waals surface area contributed by atoms with Gasteiger partial charge < -0.3 is 4.90 Å². The maximum atomic E-state index is 12.4. The zero-order chi connectivity index (χ0) is 17.1. The lowest BCUT2D eigenvalue weighted by Crippen LogP contribution is -2.23. The summed E-state index contributed by atoms with van der Waals surface area (Å²) >= 11 is 2.52. The van der Waals surface area contributed by atoms with Gasteiger partial charge in [0.25, 0.3) is 5.91 Å². The Morgan fingerprint density at radius 3 is 2.39 bits per heavy atom. The molecule has 0 aromatic heterocycles. The van der Waals surface area contributed by atoms with Crippen LogP contribution in [0.25, 0.3) is 0 Å². The summed E-state index contributed by atoms with van der Waals surface area (Å²) < 4.78 is 0. The monoisotopic (exact) mass is 345 g/mol. The Balaban J connectivity index is 3.08. The third kappa shape index (κ3) is 6.76. The van der Waals surface area contributed by atoms with Crippen LogP contribution in [0.2, 0.25) is 0 Å². The second kappa shape index (κ2) is 10.7. The largest absolute Gasteiger partial charge is 0.344 e. The number of hydrogen-bond donors (Lipinski definition) is 0. The highest BCUT2D eigenvalue weighted by Gasteiger charge is 2.18. The van der Waals surface area contributed by atoms with E-state index >= 15 is 0 Å². The van der Waals surface area contributed by atoms with Crippen molar-refractivity contribution in [1.29, 1.82) is 0 Å². The van der Waals surface area contributed by atoms with Crippen LogP contribution in [0.5, 0.6) is 0 Å². The number of carbonyl (C=O) groups excluding carboxylic acids is 2. The lowest BCUT2D eigenvalue weighted by molar-refractivity contribution is -0.124. The second-order valence-corrected chi connectivity index (χ2v) is 6.52. The van der Waals surface area contributed by atoms with Gasteiger partial charge in [-0.1, -0.05) is 72.6 Å². The van der Waals surface area contributed by atoms with Gasteiger partial charge in [0.2, 0.25) is 0 Å². The zero-order valence-corrected chi connectivity index (χ0v) is 14.8. The van der Waals surface area contributed by atoms with Crippen molar-refractivity contribution in [2.45, 2.75) is 4.90 Å². The smallest absolute Gasteiger partial charge is 0.261 e. The average Bonchev–Trinajstić information content (AvgIpc) is 2.57. The van der Waals surface area contributed by atoms with E-state index in [0.717, 1.165) is 11.2 Å². The van der Waals surface area contributed by atoms with E-state index in [1.165, 1.54) is 28.4 Å². The SMILES string of the molecule is C=C/C=C\C=C\S/C(C=O)=C(\Sc1ccccc1)C(=O)N(C)C. The fraction of sp³-hybridized carbons (Fsp3) is 0.111. The van der Waals surface area contributed by atoms with Crippen LogP contribution in [0.1, 0.15) is 0 Å². The summed E-state index contributed by atoms with van der Waals surface area (Å²) in [5.74, 6) is -0.191. The molecule has 23 heavy (non-hydrogen) atoms. The van der Waals surface area contributed by atoms with Crippen LogP contribution < -0.4 is 0 Å². The molecule has 0 aliphatic rings. The summed E-state index contributed by atoms with van der Waals surface area (Å²) in [5, 5.41) is 1.76. The molecule has 1 aromatic carbocycles. The predicted molar refractivity (Wildman–Crippen MR) is 100 cm³/mol. The van der Waals surface area contributed by atoms with Crippen molar-refractivity contribution in [1.82, 2.24) is 4.90 Å². The number of nitrogens with zero attached hydrogens (tertiary/aromatic N) is 1. The van der Waals surface area contributed by atoms with Gasteiger partial charge in [-0.05, 0) is 17.5 Å². The third-order valence-corrected chi connectivity index (χ3v) is 4.61. The van der Waals surface area contributed by atoms with E-state index in [-0.39, 0.29) is 5.91 Å². The molecule has 0 fully saturated rings. The van der Waals surface area contributed by atoms with Crippen molar-refractivity contribution in [2.75, 3.05) is 14.1 Å². The Morgan fingerprint density at radius 2 is 1.83 bits per heavy atom. The van der Waals surface area contributed by atoms with Crippen LogP contribution in [0.4, 0.5) is 0 Å². The van der Waals surface area contributed by atoms with Gasteiger partial charge in [-0.2, -0.15) is 0 Å². The highest BCUT2D eigenvalue weighted by Crippen LogP contribution is 2.33. The molecule has 0 saturated carbocycles. The Morgan fingerprint density at radius 1 is 1.13 bits per heavy atom. The van der Waals surface area contributed by atoms with Crippen molar-refractivity contribution < 1.29 is 9.59 Å². The van der Waals surface area contributed by atoms with Crippen molar-refractivity contribution in [3.05, 3.63) is 76.4 Å². The first-order chi connectivity index (χ1) is 11.1. The molecule has 120 valence electrons. The number of allylic oxidation sites excluding steroid dienone is 5. The van der Waals surface area contributed by atoms with Gasteiger partial charge in [-0.15, -0.1) is 0 Å². The first-order valence-electron chi connectivity index (χ1n) is 6.85. The summed E-state index contributed by atoms with van der Waals surface area (Å²) in [6, 6.07) is 9.51. The molecule has 3 nitrogen and oxygen atoms in total. The summed E-state index contributed by atoms with van der Waals surface area (Å²) in [7, 11) is 3.34. The first kappa shape index (κ1) is 19.1. The first-order valence-corrected chi connectivity index (χ1v) is 8.54. The van der Waals surface area contributed by atoms with Crippen LogP contribution in [-0.4, -0.2) is 31.2 Å². The molecule has 1 aromatic rings. The lowest BCUT2D eigenvalue weighted by Gasteiger charge is -2.14. The fourth-order valence-electron chi connectivity index (χ4n) is 1.44. The van der Waals surface area contributed by atoms with E-state index in [1.807, 2.05) is 30.3 Å². The van der Waals surface area contributed by atoms with E-state index in [9.17, 15) is 9.59 Å². The van der Waals surface area contributed by atoms with Crippen molar-refractivity contribution in [3.63, 3.8) is 0 Å². The Bertz CT molecular complexity index is 632. The molecule has 0 N–H and O–H groups in total. The molecule has 0 spiro atoms. The van der Waals surface area contributed by atoms with Gasteiger partial charge in [-0.25, -0.2) is 0 Å². The minimum atomic E-state index is -0.191. The Hall–Kier alpha value is -1.98. The minimum absolute atomic E-state index is 0.191. The molecule has 0 radical (unpaired) electrons. The highest BCUT2D eigenvalue weighted by atomic mass is 32.2. The molecule has 0 aliphatic heterocycles. The van der Waals surface area contributed by atoms with E-state index in [0.29, 0.717) is 9.81 Å². The zero-order valence-electron chi connectivity index (χ0n) is 13.1. The normalized spacial score (nSPS) is 12.3. The fourth-order valence-corrected chi connectivity index (χ4v) is 3.23. The van der Waals surface area contributed by atoms with Crippen molar-refractivity contribution in [3.8, 4) is 0 Å². The molecule has 0 heterocycles. The van der Waals surface area contributed by atoms with Gasteiger partial charge in [-0.3, -0.25) is 9.59 Å². The van der Waals surface area contributed by atoms with Gasteiger partial charge in [0.15, 0.2) is 6.29 Å². The van der Waals surface area contributed by atoms with Crippen LogP contribution in [0.3, 0.4) is 0 Å². The molecule has 0 bridgehead atoms. The molecule has 0 saturated heterocycles. The van der Waals surface area contributed by atoms with Crippen LogP contribution in [-0.2, 0) is 9.59 Å². The average molecular weight is 345 g/mol. The van der Waals surface area contributed by atoms with Crippen LogP contribution in [0, 0.1) is 0 Å². The van der Waals surface area contributed by atoms with E-state index in [4.69, 9.17) is 0 Å². The molecule has 0 unspecified atom stereocenters. The van der Waals surface area contributed by atoms with Gasteiger partial charge in [0.05, 0.1) is 9.81 Å². The Labute approximate surface area is 145 Å². The summed E-state index contributed by atoms with van der Waals surface area (Å²) in [6.07, 6.45) is 7.77. The number of thioether (sulfide) groups is 2. The van der Waals surface area contributed by atoms with E-state index in [2.05, 4.69) is 6.58 Å². The lowest BCUT2D eigenvalue weighted by atomic mass is 10.4. The molecule has 0 atom stereocenters. The number of rotatable bonds is 8. The summed E-state index contributed by atoms with van der Waals surface area (Å²) in [6.45, 7) is 3.58. The number of hydrogen-bond acceptors (Lipinski definition) is 4. The molecular formula is C18H19NO2S2. The molecule has 5 heteroatoms. The van der Waals surface area contributed by atoms with Crippen LogP contribution in [0.15, 0.2) is 81.3 Å². The number of amides is 1. The Kier molecular flexibility index (Phi) is 8.87. The summed E-state index contributed by atoms with van der Waals surface area (Å²) in [4.78, 5) is 27.0. The maximum Gasteiger partial charge on any atom is 0.261 e. The predicted octanol–water partition coefficient (Wildman–Crippen LogP) is 4.27. The molecule has 0 aliphatic carbocycles. The molecule has 1 amide bonds. The standard InChI is InChI=1S/C18H19NO2S2/c1-4-5-6-10-13-22-16(14-20)17(18(21)19(2)3)23-15-11-8-7-9-12-15/h4-14H,1H2,2-3H3/b6-5-,13-10+,17-16-. The summed E-state index contributed by atoms with van der Waals surface area (Å²) in [5.41, 5.74) is 0. The minimum Gasteiger partial charge on any atom is -0.344 e. The van der Waals surface area contributed by atoms with Crippen LogP contribution >= 0.6 is 23.5 Å². The van der Waals surface area contributed by atoms with Gasteiger partial charge >= 0.3 is 0 Å². The quantitative estimate of drug-likeness (QED) is 0.305. The molecular weight excluding hydrogens is 326 g/mol. The third-order valence-electron chi connectivity index (χ3n) is 2.53. The number of aldehydes is 1. The van der Waals surface area contributed by atoms with E-state index < -0.39 is 0 Å². The van der Waals surface area contributed by atoms with Gasteiger partial charge in [0, 0.05) is 19.0 Å². The maximum absolute atomic E-state index is 12.4. The second-order valence-electron chi connectivity index (χ2n) is 4.49. The molecule has 1 rings (SSSR count). The van der Waals surface area contributed by atoms with Crippen molar-refractivity contribution in [2.24, 2.45) is 0 Å². The number of carbonyl (C=O) groups is 2. The number of benzene rings is 1. The highest BCUT2D eigenvalue weighted by molar-refractivity contribution is 8.09.